The largest absolute Gasteiger partial charge is 0.325 e. The van der Waals surface area contributed by atoms with Gasteiger partial charge in [0.05, 0.1) is 22.4 Å². The summed E-state index contributed by atoms with van der Waals surface area (Å²) in [6.07, 6.45) is 1.61. The van der Waals surface area contributed by atoms with E-state index >= 15 is 0 Å². The third-order valence-corrected chi connectivity index (χ3v) is 4.84. The zero-order valence-electron chi connectivity index (χ0n) is 16.1. The van der Waals surface area contributed by atoms with Crippen LogP contribution >= 0.6 is 23.2 Å². The second-order valence-corrected chi connectivity index (χ2v) is 8.35. The van der Waals surface area contributed by atoms with Crippen molar-refractivity contribution < 1.29 is 4.79 Å². The lowest BCUT2D eigenvalue weighted by Gasteiger charge is -2.20. The summed E-state index contributed by atoms with van der Waals surface area (Å²) in [5, 5.41) is 8.32. The average Bonchev–Trinajstić information content (AvgIpc) is 3.02. The Morgan fingerprint density at radius 2 is 1.96 bits per heavy atom. The maximum Gasteiger partial charge on any atom is 0.264 e. The Kier molecular flexibility index (Phi) is 5.50. The van der Waals surface area contributed by atoms with E-state index in [0.717, 1.165) is 0 Å². The van der Waals surface area contributed by atoms with Gasteiger partial charge in [-0.3, -0.25) is 14.2 Å². The van der Waals surface area contributed by atoms with Gasteiger partial charge >= 0.3 is 0 Å². The lowest BCUT2D eigenvalue weighted by Crippen LogP contribution is -2.28. The van der Waals surface area contributed by atoms with Gasteiger partial charge in [0, 0.05) is 18.0 Å². The number of amides is 1. The van der Waals surface area contributed by atoms with Crippen LogP contribution in [0.1, 0.15) is 33.0 Å². The molecule has 0 fully saturated rings. The Bertz CT molecular complexity index is 1110. The van der Waals surface area contributed by atoms with Crippen molar-refractivity contribution >= 4 is 45.8 Å². The Balaban J connectivity index is 1.82. The Morgan fingerprint density at radius 1 is 1.25 bits per heavy atom. The van der Waals surface area contributed by atoms with Gasteiger partial charge in [-0.1, -0.05) is 23.2 Å². The van der Waals surface area contributed by atoms with E-state index in [-0.39, 0.29) is 30.0 Å². The van der Waals surface area contributed by atoms with Gasteiger partial charge in [-0.15, -0.1) is 0 Å². The van der Waals surface area contributed by atoms with Crippen molar-refractivity contribution in [3.05, 3.63) is 50.6 Å². The molecule has 0 radical (unpaired) electrons. The van der Waals surface area contributed by atoms with Crippen LogP contribution in [0.2, 0.25) is 10.0 Å². The fourth-order valence-corrected chi connectivity index (χ4v) is 3.22. The molecule has 0 bridgehead atoms. The third-order valence-electron chi connectivity index (χ3n) is 4.28. The monoisotopic (exact) mass is 421 g/mol. The van der Waals surface area contributed by atoms with Crippen LogP contribution in [-0.2, 0) is 16.9 Å². The number of fused-ring (bicyclic) bond motifs is 1. The molecular formula is C19H21Cl2N5O2. The summed E-state index contributed by atoms with van der Waals surface area (Å²) in [6.45, 7) is 7.92. The maximum absolute atomic E-state index is 12.9. The predicted molar refractivity (Wildman–Crippen MR) is 111 cm³/mol. The quantitative estimate of drug-likeness (QED) is 0.689. The molecule has 0 aliphatic rings. The minimum absolute atomic E-state index is 0.0875. The van der Waals surface area contributed by atoms with Gasteiger partial charge in [0.1, 0.15) is 11.2 Å². The summed E-state index contributed by atoms with van der Waals surface area (Å²) in [6, 6.07) is 4.83. The van der Waals surface area contributed by atoms with Crippen LogP contribution < -0.4 is 10.9 Å². The number of nitrogens with zero attached hydrogens (tertiary/aromatic N) is 4. The molecule has 1 amide bonds. The van der Waals surface area contributed by atoms with Gasteiger partial charge in [0.2, 0.25) is 5.91 Å². The first kappa shape index (κ1) is 20.4. The summed E-state index contributed by atoms with van der Waals surface area (Å²) >= 11 is 12.0. The van der Waals surface area contributed by atoms with Crippen LogP contribution in [0.3, 0.4) is 0 Å². The number of aryl methyl sites for hydroxylation is 1. The minimum Gasteiger partial charge on any atom is -0.325 e. The highest BCUT2D eigenvalue weighted by Gasteiger charge is 2.21. The highest BCUT2D eigenvalue weighted by Crippen LogP contribution is 2.25. The van der Waals surface area contributed by atoms with E-state index in [0.29, 0.717) is 32.6 Å². The van der Waals surface area contributed by atoms with Crippen LogP contribution in [0.5, 0.6) is 0 Å². The van der Waals surface area contributed by atoms with Crippen molar-refractivity contribution in [3.8, 4) is 0 Å². The van der Waals surface area contributed by atoms with Crippen molar-refractivity contribution in [3.63, 3.8) is 0 Å². The minimum atomic E-state index is -0.296. The molecular weight excluding hydrogens is 401 g/mol. The number of carbonyl (C=O) groups is 1. The molecule has 3 rings (SSSR count). The van der Waals surface area contributed by atoms with E-state index in [4.69, 9.17) is 23.2 Å². The first-order valence-electron chi connectivity index (χ1n) is 8.78. The molecule has 0 aliphatic heterocycles. The molecule has 2 heterocycles. The summed E-state index contributed by atoms with van der Waals surface area (Å²) < 4.78 is 3.21. The lowest BCUT2D eigenvalue weighted by atomic mass is 10.1. The van der Waals surface area contributed by atoms with E-state index in [9.17, 15) is 9.59 Å². The molecule has 1 aromatic carbocycles. The van der Waals surface area contributed by atoms with Gasteiger partial charge in [-0.05, 0) is 45.9 Å². The van der Waals surface area contributed by atoms with Crippen LogP contribution in [0.25, 0.3) is 11.0 Å². The van der Waals surface area contributed by atoms with Crippen molar-refractivity contribution in [2.45, 2.75) is 46.2 Å². The Hall–Kier alpha value is -2.38. The van der Waals surface area contributed by atoms with Gasteiger partial charge in [-0.2, -0.15) is 5.10 Å². The van der Waals surface area contributed by atoms with Crippen LogP contribution in [0, 0.1) is 6.92 Å². The third kappa shape index (κ3) is 4.05. The molecule has 2 aromatic heterocycles. The fourth-order valence-electron chi connectivity index (χ4n) is 2.88. The summed E-state index contributed by atoms with van der Waals surface area (Å²) in [5.74, 6) is 0.248. The molecule has 0 aliphatic carbocycles. The molecule has 0 saturated heterocycles. The predicted octanol–water partition coefficient (Wildman–Crippen LogP) is 3.99. The van der Waals surface area contributed by atoms with Gasteiger partial charge < -0.3 is 5.32 Å². The van der Waals surface area contributed by atoms with Crippen LogP contribution in [0.15, 0.2) is 29.2 Å². The molecule has 0 atom stereocenters. The van der Waals surface area contributed by atoms with E-state index in [2.05, 4.69) is 15.4 Å². The second-order valence-electron chi connectivity index (χ2n) is 7.50. The summed E-state index contributed by atoms with van der Waals surface area (Å²) in [4.78, 5) is 29.7. The second kappa shape index (κ2) is 7.56. The van der Waals surface area contributed by atoms with Crippen LogP contribution in [-0.4, -0.2) is 25.2 Å². The first-order valence-corrected chi connectivity index (χ1v) is 9.54. The number of hydrogen-bond acceptors (Lipinski definition) is 4. The van der Waals surface area contributed by atoms with Gasteiger partial charge in [0.25, 0.3) is 5.56 Å². The molecule has 0 saturated carbocycles. The van der Waals surface area contributed by atoms with Gasteiger partial charge in [-0.25, -0.2) is 9.67 Å². The van der Waals surface area contributed by atoms with Crippen molar-refractivity contribution in [2.75, 3.05) is 5.32 Å². The van der Waals surface area contributed by atoms with E-state index in [1.807, 2.05) is 20.8 Å². The standard InChI is InChI=1S/C19H21Cl2N5O2/c1-11-23-17-13(10-22-26(17)19(2,3)4)18(28)25(11)8-7-16(27)24-15-9-12(20)5-6-14(15)21/h5-6,9-10H,7-8H2,1-4H3,(H,24,27). The topological polar surface area (TPSA) is 81.8 Å². The zero-order chi connectivity index (χ0) is 20.6. The number of anilines is 1. The fraction of sp³-hybridized carbons (Fsp3) is 0.368. The number of carbonyl (C=O) groups excluding carboxylic acids is 1. The normalized spacial score (nSPS) is 11.8. The number of halogens is 2. The highest BCUT2D eigenvalue weighted by atomic mass is 35.5. The number of hydrogen-bond donors (Lipinski definition) is 1. The Morgan fingerprint density at radius 3 is 2.64 bits per heavy atom. The molecule has 1 N–H and O–H groups in total. The SMILES string of the molecule is Cc1nc2c(cnn2C(C)(C)C)c(=O)n1CCC(=O)Nc1cc(Cl)ccc1Cl. The molecule has 9 heteroatoms. The van der Waals surface area contributed by atoms with E-state index in [1.54, 1.807) is 29.8 Å². The number of nitrogens with one attached hydrogen (secondary N) is 1. The molecule has 0 unspecified atom stereocenters. The van der Waals surface area contributed by atoms with Crippen molar-refractivity contribution in [2.24, 2.45) is 0 Å². The molecule has 148 valence electrons. The molecule has 28 heavy (non-hydrogen) atoms. The van der Waals surface area contributed by atoms with E-state index < -0.39 is 0 Å². The van der Waals surface area contributed by atoms with Gasteiger partial charge in [0.15, 0.2) is 5.65 Å². The number of aromatic nitrogens is 4. The Labute approximate surface area is 172 Å². The number of rotatable bonds is 4. The molecule has 7 nitrogen and oxygen atoms in total. The number of benzene rings is 1. The summed E-state index contributed by atoms with van der Waals surface area (Å²) in [5.41, 5.74) is 0.465. The molecule has 3 aromatic rings. The lowest BCUT2D eigenvalue weighted by molar-refractivity contribution is -0.116. The highest BCUT2D eigenvalue weighted by molar-refractivity contribution is 6.35. The van der Waals surface area contributed by atoms with Crippen molar-refractivity contribution in [1.82, 2.24) is 19.3 Å². The van der Waals surface area contributed by atoms with E-state index in [1.165, 1.54) is 10.8 Å². The smallest absolute Gasteiger partial charge is 0.264 e. The maximum atomic E-state index is 12.9. The average molecular weight is 422 g/mol. The van der Waals surface area contributed by atoms with Crippen molar-refractivity contribution in [1.29, 1.82) is 0 Å². The summed E-state index contributed by atoms with van der Waals surface area (Å²) in [7, 11) is 0. The first-order chi connectivity index (χ1) is 13.1. The zero-order valence-corrected chi connectivity index (χ0v) is 17.6. The molecule has 0 spiro atoms. The van der Waals surface area contributed by atoms with Crippen LogP contribution in [0.4, 0.5) is 5.69 Å².